The Balaban J connectivity index is 3.13. The molecule has 0 aliphatic heterocycles. The van der Waals surface area contributed by atoms with Gasteiger partial charge < -0.3 is 10.6 Å². The topological polar surface area (TPSA) is 24.1 Å². The first-order chi connectivity index (χ1) is 5.83. The third-order valence-electron chi connectivity index (χ3n) is 2.07. The number of nitrogens with one attached hydrogen (secondary N) is 2. The van der Waals surface area contributed by atoms with E-state index >= 15 is 0 Å². The molecule has 2 N–H and O–H groups in total. The molecule has 0 saturated carbocycles. The lowest BCUT2D eigenvalue weighted by Crippen LogP contribution is -1.99. The summed E-state index contributed by atoms with van der Waals surface area (Å²) in [6, 6.07) is 6.25. The maximum Gasteiger partial charge on any atom is 0.0390 e. The Morgan fingerprint density at radius 1 is 1.08 bits per heavy atom. The molecule has 0 aliphatic rings. The number of hydrogen-bond acceptors (Lipinski definition) is 2. The van der Waals surface area contributed by atoms with Crippen LogP contribution >= 0.6 is 0 Å². The summed E-state index contributed by atoms with van der Waals surface area (Å²) in [5, 5.41) is 6.36. The highest BCUT2D eigenvalue weighted by molar-refractivity contribution is 5.65. The smallest absolute Gasteiger partial charge is 0.0390 e. The fourth-order valence-electron chi connectivity index (χ4n) is 1.44. The van der Waals surface area contributed by atoms with Crippen LogP contribution in [-0.2, 0) is 6.42 Å². The van der Waals surface area contributed by atoms with Crippen molar-refractivity contribution in [2.75, 3.05) is 24.7 Å². The van der Waals surface area contributed by atoms with E-state index in [1.807, 2.05) is 14.1 Å². The summed E-state index contributed by atoms with van der Waals surface area (Å²) in [5.41, 5.74) is 3.77. The Kier molecular flexibility index (Phi) is 2.97. The van der Waals surface area contributed by atoms with Crippen LogP contribution in [0.4, 0.5) is 11.4 Å². The molecule has 2 nitrogen and oxygen atoms in total. The largest absolute Gasteiger partial charge is 0.388 e. The van der Waals surface area contributed by atoms with Crippen LogP contribution in [0.25, 0.3) is 0 Å². The van der Waals surface area contributed by atoms with E-state index in [1.165, 1.54) is 16.9 Å². The normalized spacial score (nSPS) is 9.58. The third-order valence-corrected chi connectivity index (χ3v) is 2.07. The first-order valence-corrected chi connectivity index (χ1v) is 4.30. The van der Waals surface area contributed by atoms with E-state index in [4.69, 9.17) is 0 Å². The van der Waals surface area contributed by atoms with Gasteiger partial charge in [-0.3, -0.25) is 0 Å². The highest BCUT2D eigenvalue weighted by atomic mass is 14.9. The van der Waals surface area contributed by atoms with Crippen molar-refractivity contribution >= 4 is 11.4 Å². The van der Waals surface area contributed by atoms with Crippen LogP contribution in [0.5, 0.6) is 0 Å². The van der Waals surface area contributed by atoms with E-state index in [1.54, 1.807) is 0 Å². The zero-order valence-corrected chi connectivity index (χ0v) is 7.94. The molecule has 0 amide bonds. The predicted molar refractivity (Wildman–Crippen MR) is 54.9 cm³/mol. The molecule has 1 rings (SSSR count). The summed E-state index contributed by atoms with van der Waals surface area (Å²) in [6.45, 7) is 2.16. The van der Waals surface area contributed by atoms with Crippen molar-refractivity contribution in [2.24, 2.45) is 0 Å². The standard InChI is InChI=1S/C10H16N2/c1-4-8-9(11-2)6-5-7-10(8)12-3/h5-7,11-12H,4H2,1-3H3. The van der Waals surface area contributed by atoms with Crippen molar-refractivity contribution < 1.29 is 0 Å². The van der Waals surface area contributed by atoms with Crippen molar-refractivity contribution in [1.82, 2.24) is 0 Å². The van der Waals surface area contributed by atoms with E-state index in [2.05, 4.69) is 35.8 Å². The van der Waals surface area contributed by atoms with E-state index in [9.17, 15) is 0 Å². The van der Waals surface area contributed by atoms with Gasteiger partial charge in [0.05, 0.1) is 0 Å². The minimum absolute atomic E-state index is 1.05. The Morgan fingerprint density at radius 3 is 1.92 bits per heavy atom. The van der Waals surface area contributed by atoms with Gasteiger partial charge in [-0.15, -0.1) is 0 Å². The summed E-state index contributed by atoms with van der Waals surface area (Å²) in [5.74, 6) is 0. The van der Waals surface area contributed by atoms with Crippen molar-refractivity contribution in [1.29, 1.82) is 0 Å². The van der Waals surface area contributed by atoms with E-state index in [0.717, 1.165) is 6.42 Å². The Morgan fingerprint density at radius 2 is 1.58 bits per heavy atom. The molecule has 0 unspecified atom stereocenters. The second-order valence-corrected chi connectivity index (χ2v) is 2.69. The Labute approximate surface area is 74.0 Å². The lowest BCUT2D eigenvalue weighted by molar-refractivity contribution is 1.13. The molecule has 0 radical (unpaired) electrons. The van der Waals surface area contributed by atoms with E-state index in [0.29, 0.717) is 0 Å². The molecule has 2 heteroatoms. The molecule has 0 saturated heterocycles. The Hall–Kier alpha value is -1.18. The third kappa shape index (κ3) is 1.52. The van der Waals surface area contributed by atoms with Crippen LogP contribution in [0, 0.1) is 0 Å². The summed E-state index contributed by atoms with van der Waals surface area (Å²) in [7, 11) is 3.90. The van der Waals surface area contributed by atoms with Gasteiger partial charge in [0, 0.05) is 25.5 Å². The van der Waals surface area contributed by atoms with E-state index in [-0.39, 0.29) is 0 Å². The van der Waals surface area contributed by atoms with E-state index < -0.39 is 0 Å². The maximum atomic E-state index is 3.18. The molecule has 0 heterocycles. The summed E-state index contributed by atoms with van der Waals surface area (Å²) >= 11 is 0. The van der Waals surface area contributed by atoms with Crippen molar-refractivity contribution in [3.05, 3.63) is 23.8 Å². The average molecular weight is 164 g/mol. The van der Waals surface area contributed by atoms with Crippen molar-refractivity contribution in [3.63, 3.8) is 0 Å². The minimum atomic E-state index is 1.05. The van der Waals surface area contributed by atoms with Crippen molar-refractivity contribution in [3.8, 4) is 0 Å². The first kappa shape index (κ1) is 8.91. The van der Waals surface area contributed by atoms with Crippen LogP contribution < -0.4 is 10.6 Å². The second-order valence-electron chi connectivity index (χ2n) is 2.69. The van der Waals surface area contributed by atoms with Gasteiger partial charge in [0.25, 0.3) is 0 Å². The van der Waals surface area contributed by atoms with Crippen LogP contribution in [0.2, 0.25) is 0 Å². The first-order valence-electron chi connectivity index (χ1n) is 4.30. The predicted octanol–water partition coefficient (Wildman–Crippen LogP) is 2.33. The highest BCUT2D eigenvalue weighted by Crippen LogP contribution is 2.23. The fraction of sp³-hybridized carbons (Fsp3) is 0.400. The van der Waals surface area contributed by atoms with Gasteiger partial charge in [-0.1, -0.05) is 13.0 Å². The zero-order valence-electron chi connectivity index (χ0n) is 7.94. The maximum absolute atomic E-state index is 3.18. The van der Waals surface area contributed by atoms with Gasteiger partial charge in [-0.05, 0) is 24.1 Å². The van der Waals surface area contributed by atoms with Gasteiger partial charge in [0.1, 0.15) is 0 Å². The van der Waals surface area contributed by atoms with Gasteiger partial charge in [-0.25, -0.2) is 0 Å². The van der Waals surface area contributed by atoms with Crippen LogP contribution in [0.1, 0.15) is 12.5 Å². The Bertz CT molecular complexity index is 234. The molecule has 0 fully saturated rings. The van der Waals surface area contributed by atoms with Gasteiger partial charge in [0.2, 0.25) is 0 Å². The molecule has 0 bridgehead atoms. The van der Waals surface area contributed by atoms with Gasteiger partial charge in [-0.2, -0.15) is 0 Å². The highest BCUT2D eigenvalue weighted by Gasteiger charge is 2.02. The summed E-state index contributed by atoms with van der Waals surface area (Å²) < 4.78 is 0. The molecular weight excluding hydrogens is 148 g/mol. The molecule has 12 heavy (non-hydrogen) atoms. The van der Waals surface area contributed by atoms with Crippen LogP contribution in [0.3, 0.4) is 0 Å². The molecule has 0 atom stereocenters. The monoisotopic (exact) mass is 164 g/mol. The molecule has 1 aromatic carbocycles. The lowest BCUT2D eigenvalue weighted by Gasteiger charge is -2.12. The molecule has 0 aromatic heterocycles. The van der Waals surface area contributed by atoms with Crippen LogP contribution in [0.15, 0.2) is 18.2 Å². The number of benzene rings is 1. The number of anilines is 2. The second kappa shape index (κ2) is 4.00. The minimum Gasteiger partial charge on any atom is -0.388 e. The summed E-state index contributed by atoms with van der Waals surface area (Å²) in [4.78, 5) is 0. The zero-order chi connectivity index (χ0) is 8.97. The number of rotatable bonds is 3. The SMILES string of the molecule is CCc1c(NC)cccc1NC. The molecule has 0 spiro atoms. The summed E-state index contributed by atoms with van der Waals surface area (Å²) in [6.07, 6.45) is 1.05. The molecule has 1 aromatic rings. The molecule has 0 aliphatic carbocycles. The quantitative estimate of drug-likeness (QED) is 0.716. The van der Waals surface area contributed by atoms with Crippen LogP contribution in [-0.4, -0.2) is 14.1 Å². The lowest BCUT2D eigenvalue weighted by atomic mass is 10.1. The fourth-order valence-corrected chi connectivity index (χ4v) is 1.44. The number of hydrogen-bond donors (Lipinski definition) is 2. The molecular formula is C10H16N2. The molecule has 66 valence electrons. The average Bonchev–Trinajstić information content (AvgIpc) is 2.16. The van der Waals surface area contributed by atoms with Gasteiger partial charge >= 0.3 is 0 Å². The van der Waals surface area contributed by atoms with Crippen molar-refractivity contribution in [2.45, 2.75) is 13.3 Å². The van der Waals surface area contributed by atoms with Gasteiger partial charge in [0.15, 0.2) is 0 Å².